The highest BCUT2D eigenvalue weighted by Crippen LogP contribution is 2.27. The van der Waals surface area contributed by atoms with E-state index in [4.69, 9.17) is 5.11 Å². The zero-order valence-electron chi connectivity index (χ0n) is 11.0. The van der Waals surface area contributed by atoms with E-state index in [1.54, 1.807) is 0 Å². The van der Waals surface area contributed by atoms with E-state index in [0.717, 1.165) is 31.0 Å². The van der Waals surface area contributed by atoms with Crippen molar-refractivity contribution in [1.29, 1.82) is 0 Å². The normalized spacial score (nSPS) is 14.7. The average Bonchev–Trinajstić information content (AvgIpc) is 3.19. The van der Waals surface area contributed by atoms with Crippen LogP contribution in [0.15, 0.2) is 23.1 Å². The third kappa shape index (κ3) is 4.01. The van der Waals surface area contributed by atoms with Gasteiger partial charge in [0, 0.05) is 6.54 Å². The third-order valence-corrected chi connectivity index (χ3v) is 4.75. The first-order chi connectivity index (χ1) is 9.79. The summed E-state index contributed by atoms with van der Waals surface area (Å²) in [5, 5.41) is 11.3. The number of carboxylic acid groups (broad SMARTS) is 1. The Balaban J connectivity index is 2.12. The summed E-state index contributed by atoms with van der Waals surface area (Å²) in [5.74, 6) is -3.61. The molecule has 0 radical (unpaired) electrons. The number of benzene rings is 1. The van der Waals surface area contributed by atoms with Crippen LogP contribution in [0, 0.1) is 11.7 Å². The van der Waals surface area contributed by atoms with Gasteiger partial charge < -0.3 is 10.4 Å². The van der Waals surface area contributed by atoms with E-state index >= 15 is 0 Å². The second-order valence-corrected chi connectivity index (χ2v) is 6.94. The molecule has 0 heterocycles. The van der Waals surface area contributed by atoms with Crippen LogP contribution in [0.2, 0.25) is 0 Å². The Morgan fingerprint density at radius 2 is 2.00 bits per heavy atom. The van der Waals surface area contributed by atoms with Crippen LogP contribution in [0.5, 0.6) is 0 Å². The quantitative estimate of drug-likeness (QED) is 0.757. The van der Waals surface area contributed by atoms with E-state index < -0.39 is 38.8 Å². The van der Waals surface area contributed by atoms with Crippen LogP contribution in [0.3, 0.4) is 0 Å². The number of carboxylic acids is 1. The Morgan fingerprint density at radius 3 is 2.57 bits per heavy atom. The van der Waals surface area contributed by atoms with Crippen LogP contribution in [0.1, 0.15) is 23.2 Å². The molecule has 114 valence electrons. The predicted molar refractivity (Wildman–Crippen MR) is 71.1 cm³/mol. The lowest BCUT2D eigenvalue weighted by molar-refractivity contribution is -0.118. The van der Waals surface area contributed by atoms with Crippen LogP contribution >= 0.6 is 0 Å². The molecule has 1 aromatic rings. The maximum atomic E-state index is 13.2. The van der Waals surface area contributed by atoms with Crippen molar-refractivity contribution in [3.05, 3.63) is 29.6 Å². The van der Waals surface area contributed by atoms with Crippen molar-refractivity contribution in [1.82, 2.24) is 5.32 Å². The smallest absolute Gasteiger partial charge is 0.338 e. The zero-order chi connectivity index (χ0) is 15.6. The molecule has 0 aromatic heterocycles. The van der Waals surface area contributed by atoms with E-state index in [1.807, 2.05) is 0 Å². The molecule has 2 N–H and O–H groups in total. The average molecular weight is 315 g/mol. The molecular weight excluding hydrogens is 301 g/mol. The number of carbonyl (C=O) groups is 2. The molecule has 0 atom stereocenters. The van der Waals surface area contributed by atoms with Crippen LogP contribution in [-0.4, -0.2) is 37.7 Å². The van der Waals surface area contributed by atoms with E-state index in [1.165, 1.54) is 0 Å². The highest BCUT2D eigenvalue weighted by molar-refractivity contribution is 7.92. The fourth-order valence-corrected chi connectivity index (χ4v) is 2.94. The SMILES string of the molecule is O=C(CS(=O)(=O)c1ccc(F)c(C(=O)O)c1)NCC1CC1. The van der Waals surface area contributed by atoms with E-state index in [-0.39, 0.29) is 4.90 Å². The summed E-state index contributed by atoms with van der Waals surface area (Å²) in [6.45, 7) is 0.443. The second-order valence-electron chi connectivity index (χ2n) is 4.95. The molecule has 8 heteroatoms. The van der Waals surface area contributed by atoms with Gasteiger partial charge >= 0.3 is 5.97 Å². The molecule has 1 aliphatic rings. The lowest BCUT2D eigenvalue weighted by Gasteiger charge is -2.07. The number of halogens is 1. The number of nitrogens with one attached hydrogen (secondary N) is 1. The van der Waals surface area contributed by atoms with Crippen molar-refractivity contribution < 1.29 is 27.5 Å². The first-order valence-corrected chi connectivity index (χ1v) is 7.97. The first-order valence-electron chi connectivity index (χ1n) is 6.32. The Labute approximate surface area is 120 Å². The number of hydrogen-bond donors (Lipinski definition) is 2. The Hall–Kier alpha value is -1.96. The molecule has 0 saturated heterocycles. The molecular formula is C13H14FNO5S. The Bertz CT molecular complexity index is 682. The van der Waals surface area contributed by atoms with Gasteiger partial charge in [-0.05, 0) is 37.0 Å². The van der Waals surface area contributed by atoms with E-state index in [2.05, 4.69) is 5.32 Å². The molecule has 1 saturated carbocycles. The number of carbonyl (C=O) groups excluding carboxylic acids is 1. The van der Waals surface area contributed by atoms with E-state index in [9.17, 15) is 22.4 Å². The summed E-state index contributed by atoms with van der Waals surface area (Å²) < 4.78 is 37.3. The van der Waals surface area contributed by atoms with Crippen molar-refractivity contribution in [2.75, 3.05) is 12.3 Å². The van der Waals surface area contributed by atoms with Crippen molar-refractivity contribution in [3.8, 4) is 0 Å². The van der Waals surface area contributed by atoms with Gasteiger partial charge in [-0.25, -0.2) is 17.6 Å². The summed E-state index contributed by atoms with van der Waals surface area (Å²) in [6, 6.07) is 2.44. The number of hydrogen-bond acceptors (Lipinski definition) is 4. The van der Waals surface area contributed by atoms with Crippen LogP contribution in [-0.2, 0) is 14.6 Å². The van der Waals surface area contributed by atoms with Gasteiger partial charge in [0.15, 0.2) is 9.84 Å². The van der Waals surface area contributed by atoms with Crippen molar-refractivity contribution in [3.63, 3.8) is 0 Å². The summed E-state index contributed by atoms with van der Waals surface area (Å²) >= 11 is 0. The van der Waals surface area contributed by atoms with Crippen LogP contribution < -0.4 is 5.32 Å². The third-order valence-electron chi connectivity index (χ3n) is 3.13. The highest BCUT2D eigenvalue weighted by Gasteiger charge is 2.25. The second kappa shape index (κ2) is 5.80. The van der Waals surface area contributed by atoms with Gasteiger partial charge in [0.1, 0.15) is 11.6 Å². The van der Waals surface area contributed by atoms with Gasteiger partial charge in [-0.3, -0.25) is 4.79 Å². The van der Waals surface area contributed by atoms with Gasteiger partial charge in [-0.2, -0.15) is 0 Å². The summed E-state index contributed by atoms with van der Waals surface area (Å²) in [4.78, 5) is 22.0. The minimum Gasteiger partial charge on any atom is -0.478 e. The summed E-state index contributed by atoms with van der Waals surface area (Å²) in [7, 11) is -4.00. The lowest BCUT2D eigenvalue weighted by atomic mass is 10.2. The molecule has 6 nitrogen and oxygen atoms in total. The predicted octanol–water partition coefficient (Wildman–Crippen LogP) is 0.824. The lowest BCUT2D eigenvalue weighted by Crippen LogP contribution is -2.31. The van der Waals surface area contributed by atoms with Crippen LogP contribution in [0.4, 0.5) is 4.39 Å². The Morgan fingerprint density at radius 1 is 1.33 bits per heavy atom. The minimum absolute atomic E-state index is 0.386. The number of amides is 1. The molecule has 1 fully saturated rings. The molecule has 1 amide bonds. The number of rotatable bonds is 6. The molecule has 0 unspecified atom stereocenters. The highest BCUT2D eigenvalue weighted by atomic mass is 32.2. The Kier molecular flexibility index (Phi) is 4.26. The molecule has 0 aliphatic heterocycles. The molecule has 21 heavy (non-hydrogen) atoms. The largest absolute Gasteiger partial charge is 0.478 e. The molecule has 0 spiro atoms. The molecule has 0 bridgehead atoms. The minimum atomic E-state index is -4.00. The maximum absolute atomic E-state index is 13.2. The van der Waals surface area contributed by atoms with Gasteiger partial charge in [-0.1, -0.05) is 0 Å². The van der Waals surface area contributed by atoms with Gasteiger partial charge in [0.25, 0.3) is 0 Å². The fraction of sp³-hybridized carbons (Fsp3) is 0.385. The first kappa shape index (κ1) is 15.4. The van der Waals surface area contributed by atoms with Crippen molar-refractivity contribution in [2.24, 2.45) is 5.92 Å². The van der Waals surface area contributed by atoms with Crippen LogP contribution in [0.25, 0.3) is 0 Å². The fourth-order valence-electron chi connectivity index (χ4n) is 1.75. The van der Waals surface area contributed by atoms with Crippen molar-refractivity contribution >= 4 is 21.7 Å². The maximum Gasteiger partial charge on any atom is 0.338 e. The molecule has 2 rings (SSSR count). The van der Waals surface area contributed by atoms with Gasteiger partial charge in [0.2, 0.25) is 5.91 Å². The van der Waals surface area contributed by atoms with E-state index in [0.29, 0.717) is 12.5 Å². The van der Waals surface area contributed by atoms with Crippen molar-refractivity contribution in [2.45, 2.75) is 17.7 Å². The number of sulfone groups is 1. The zero-order valence-corrected chi connectivity index (χ0v) is 11.8. The topological polar surface area (TPSA) is 101 Å². The molecule has 1 aromatic carbocycles. The summed E-state index contributed by atoms with van der Waals surface area (Å²) in [5.41, 5.74) is -0.741. The number of aromatic carboxylic acids is 1. The van der Waals surface area contributed by atoms with Gasteiger partial charge in [-0.15, -0.1) is 0 Å². The summed E-state index contributed by atoms with van der Waals surface area (Å²) in [6.07, 6.45) is 2.04. The standard InChI is InChI=1S/C13H14FNO5S/c14-11-4-3-9(5-10(11)13(17)18)21(19,20)7-12(16)15-6-8-1-2-8/h3-5,8H,1-2,6-7H2,(H,15,16)(H,17,18). The van der Waals surface area contributed by atoms with Gasteiger partial charge in [0.05, 0.1) is 10.5 Å². The monoisotopic (exact) mass is 315 g/mol. The molecule has 1 aliphatic carbocycles.